The molecule has 2 aromatic rings. The number of aliphatic hydroxyl groups is 1. The molecule has 2 rings (SSSR count). The zero-order valence-corrected chi connectivity index (χ0v) is 14.0. The summed E-state index contributed by atoms with van der Waals surface area (Å²) in [7, 11) is 0. The van der Waals surface area contributed by atoms with Crippen LogP contribution in [0.2, 0.25) is 5.02 Å². The Balaban J connectivity index is 1.82. The van der Waals surface area contributed by atoms with Crippen molar-refractivity contribution in [2.24, 2.45) is 0 Å². The van der Waals surface area contributed by atoms with Crippen molar-refractivity contribution >= 4 is 29.1 Å². The molecule has 0 aliphatic rings. The fourth-order valence-electron chi connectivity index (χ4n) is 2.19. The Morgan fingerprint density at radius 3 is 2.29 bits per heavy atom. The predicted molar refractivity (Wildman–Crippen MR) is 93.7 cm³/mol. The lowest BCUT2D eigenvalue weighted by Gasteiger charge is -2.23. The summed E-state index contributed by atoms with van der Waals surface area (Å²) in [6.45, 7) is 1.39. The first kappa shape index (κ1) is 18.0. The maximum absolute atomic E-state index is 12.0. The molecule has 2 amide bonds. The van der Waals surface area contributed by atoms with Gasteiger partial charge in [-0.15, -0.1) is 0 Å². The third-order valence-corrected chi connectivity index (χ3v) is 3.73. The SMILES string of the molecule is CC(O)(CC(=O)NCC(=O)Nc1ccc(Cl)cc1)c1ccccc1. The van der Waals surface area contributed by atoms with Crippen LogP contribution in [0.25, 0.3) is 0 Å². The molecular formula is C18H19ClN2O3. The molecule has 6 heteroatoms. The van der Waals surface area contributed by atoms with Crippen LogP contribution in [0.3, 0.4) is 0 Å². The van der Waals surface area contributed by atoms with Crippen LogP contribution in [-0.2, 0) is 15.2 Å². The standard InChI is InChI=1S/C18H19ClN2O3/c1-18(24,13-5-3-2-4-6-13)11-16(22)20-12-17(23)21-15-9-7-14(19)8-10-15/h2-10,24H,11-12H2,1H3,(H,20,22)(H,21,23). The molecule has 0 heterocycles. The Labute approximate surface area is 145 Å². The number of rotatable bonds is 6. The largest absolute Gasteiger partial charge is 0.385 e. The molecule has 24 heavy (non-hydrogen) atoms. The quantitative estimate of drug-likeness (QED) is 0.752. The number of anilines is 1. The topological polar surface area (TPSA) is 78.4 Å². The van der Waals surface area contributed by atoms with Gasteiger partial charge in [-0.05, 0) is 36.8 Å². The maximum atomic E-state index is 12.0. The molecule has 126 valence electrons. The first-order valence-corrected chi connectivity index (χ1v) is 7.85. The van der Waals surface area contributed by atoms with Crippen molar-refractivity contribution in [2.45, 2.75) is 18.9 Å². The van der Waals surface area contributed by atoms with Crippen molar-refractivity contribution in [3.05, 3.63) is 65.2 Å². The van der Waals surface area contributed by atoms with E-state index in [1.165, 1.54) is 0 Å². The van der Waals surface area contributed by atoms with E-state index in [1.54, 1.807) is 55.5 Å². The number of carbonyl (C=O) groups excluding carboxylic acids is 2. The molecular weight excluding hydrogens is 328 g/mol. The highest BCUT2D eigenvalue weighted by atomic mass is 35.5. The summed E-state index contributed by atoms with van der Waals surface area (Å²) >= 11 is 5.77. The molecule has 1 unspecified atom stereocenters. The Bertz CT molecular complexity index is 700. The lowest BCUT2D eigenvalue weighted by molar-refractivity contribution is -0.128. The molecule has 0 radical (unpaired) electrons. The fourth-order valence-corrected chi connectivity index (χ4v) is 2.32. The summed E-state index contributed by atoms with van der Waals surface area (Å²) in [6.07, 6.45) is -0.134. The second-order valence-electron chi connectivity index (χ2n) is 5.65. The second-order valence-corrected chi connectivity index (χ2v) is 6.08. The van der Waals surface area contributed by atoms with Gasteiger partial charge in [0.05, 0.1) is 18.6 Å². The van der Waals surface area contributed by atoms with E-state index in [4.69, 9.17) is 11.6 Å². The Morgan fingerprint density at radius 2 is 1.67 bits per heavy atom. The Kier molecular flexibility index (Phi) is 5.95. The van der Waals surface area contributed by atoms with Gasteiger partial charge in [-0.3, -0.25) is 9.59 Å². The average Bonchev–Trinajstić information content (AvgIpc) is 2.56. The molecule has 0 fully saturated rings. The van der Waals surface area contributed by atoms with Crippen molar-refractivity contribution in [1.29, 1.82) is 0 Å². The lowest BCUT2D eigenvalue weighted by Crippen LogP contribution is -2.37. The van der Waals surface area contributed by atoms with Crippen molar-refractivity contribution in [3.63, 3.8) is 0 Å². The monoisotopic (exact) mass is 346 g/mol. The summed E-state index contributed by atoms with van der Waals surface area (Å²) in [5, 5.41) is 16.1. The minimum Gasteiger partial charge on any atom is -0.385 e. The maximum Gasteiger partial charge on any atom is 0.243 e. The number of hydrogen-bond acceptors (Lipinski definition) is 3. The molecule has 5 nitrogen and oxygen atoms in total. The molecule has 0 aliphatic carbocycles. The van der Waals surface area contributed by atoms with Gasteiger partial charge in [0, 0.05) is 10.7 Å². The highest BCUT2D eigenvalue weighted by Gasteiger charge is 2.26. The van der Waals surface area contributed by atoms with Crippen molar-refractivity contribution in [2.75, 3.05) is 11.9 Å². The zero-order valence-electron chi connectivity index (χ0n) is 13.3. The first-order chi connectivity index (χ1) is 11.4. The predicted octanol–water partition coefficient (Wildman–Crippen LogP) is 2.69. The molecule has 0 aromatic heterocycles. The lowest BCUT2D eigenvalue weighted by atomic mass is 9.92. The van der Waals surface area contributed by atoms with Crippen LogP contribution >= 0.6 is 11.6 Å². The molecule has 0 spiro atoms. The number of halogens is 1. The number of nitrogens with one attached hydrogen (secondary N) is 2. The van der Waals surface area contributed by atoms with E-state index in [-0.39, 0.29) is 18.9 Å². The van der Waals surface area contributed by atoms with Gasteiger partial charge in [0.15, 0.2) is 0 Å². The van der Waals surface area contributed by atoms with Crippen LogP contribution in [0, 0.1) is 0 Å². The molecule has 0 aliphatic heterocycles. The second kappa shape index (κ2) is 7.95. The number of hydrogen-bond donors (Lipinski definition) is 3. The van der Waals surface area contributed by atoms with Crippen LogP contribution in [0.4, 0.5) is 5.69 Å². The highest BCUT2D eigenvalue weighted by molar-refractivity contribution is 6.30. The van der Waals surface area contributed by atoms with Gasteiger partial charge in [-0.1, -0.05) is 41.9 Å². The van der Waals surface area contributed by atoms with Gasteiger partial charge in [0.1, 0.15) is 0 Å². The molecule has 2 aromatic carbocycles. The minimum atomic E-state index is -1.29. The van der Waals surface area contributed by atoms with E-state index >= 15 is 0 Å². The van der Waals surface area contributed by atoms with Crippen LogP contribution in [0.5, 0.6) is 0 Å². The summed E-state index contributed by atoms with van der Waals surface area (Å²) in [5.41, 5.74) is -0.0569. The molecule has 0 bridgehead atoms. The van der Waals surface area contributed by atoms with Gasteiger partial charge < -0.3 is 15.7 Å². The minimum absolute atomic E-state index is 0.134. The van der Waals surface area contributed by atoms with Gasteiger partial charge in [0.25, 0.3) is 0 Å². The van der Waals surface area contributed by atoms with Gasteiger partial charge in [-0.2, -0.15) is 0 Å². The smallest absolute Gasteiger partial charge is 0.243 e. The number of carbonyl (C=O) groups is 2. The van der Waals surface area contributed by atoms with Crippen molar-refractivity contribution in [3.8, 4) is 0 Å². The number of amides is 2. The van der Waals surface area contributed by atoms with Gasteiger partial charge in [0.2, 0.25) is 11.8 Å². The van der Waals surface area contributed by atoms with E-state index in [9.17, 15) is 14.7 Å². The van der Waals surface area contributed by atoms with Crippen LogP contribution in [0.15, 0.2) is 54.6 Å². The molecule has 1 atom stereocenters. The zero-order chi connectivity index (χ0) is 17.6. The van der Waals surface area contributed by atoms with Crippen LogP contribution < -0.4 is 10.6 Å². The summed E-state index contributed by atoms with van der Waals surface area (Å²) in [6, 6.07) is 15.6. The molecule has 0 saturated heterocycles. The van der Waals surface area contributed by atoms with E-state index in [0.29, 0.717) is 16.3 Å². The van der Waals surface area contributed by atoms with E-state index < -0.39 is 11.5 Å². The third kappa shape index (κ3) is 5.37. The third-order valence-electron chi connectivity index (χ3n) is 3.47. The number of benzene rings is 2. The molecule has 0 saturated carbocycles. The van der Waals surface area contributed by atoms with Crippen LogP contribution in [0.1, 0.15) is 18.9 Å². The Hall–Kier alpha value is -2.37. The fraction of sp³-hybridized carbons (Fsp3) is 0.222. The van der Waals surface area contributed by atoms with Gasteiger partial charge >= 0.3 is 0 Å². The van der Waals surface area contributed by atoms with Crippen LogP contribution in [-0.4, -0.2) is 23.5 Å². The van der Waals surface area contributed by atoms with E-state index in [0.717, 1.165) is 0 Å². The average molecular weight is 347 g/mol. The first-order valence-electron chi connectivity index (χ1n) is 7.47. The van der Waals surface area contributed by atoms with Gasteiger partial charge in [-0.25, -0.2) is 0 Å². The van der Waals surface area contributed by atoms with E-state index in [1.807, 2.05) is 6.07 Å². The molecule has 3 N–H and O–H groups in total. The highest BCUT2D eigenvalue weighted by Crippen LogP contribution is 2.23. The summed E-state index contributed by atoms with van der Waals surface area (Å²) in [4.78, 5) is 23.8. The van der Waals surface area contributed by atoms with E-state index in [2.05, 4.69) is 10.6 Å². The summed E-state index contributed by atoms with van der Waals surface area (Å²) < 4.78 is 0. The van der Waals surface area contributed by atoms with Crippen molar-refractivity contribution < 1.29 is 14.7 Å². The summed E-state index contributed by atoms with van der Waals surface area (Å²) in [5.74, 6) is -0.764. The van der Waals surface area contributed by atoms with Crippen molar-refractivity contribution in [1.82, 2.24) is 5.32 Å². The Morgan fingerprint density at radius 1 is 1.04 bits per heavy atom. The normalized spacial score (nSPS) is 13.0.